The number of carbonyl (C=O) groups excluding carboxylic acids is 1. The molecule has 1 saturated carbocycles. The van der Waals surface area contributed by atoms with Crippen molar-refractivity contribution in [2.75, 3.05) is 19.8 Å². The lowest BCUT2D eigenvalue weighted by atomic mass is 10.1. The number of amides is 2. The van der Waals surface area contributed by atoms with Crippen LogP contribution in [0.15, 0.2) is 18.5 Å². The molecule has 1 aliphatic carbocycles. The van der Waals surface area contributed by atoms with Crippen molar-refractivity contribution in [2.24, 2.45) is 5.92 Å². The van der Waals surface area contributed by atoms with E-state index in [-0.39, 0.29) is 12.1 Å². The molecule has 1 aromatic rings. The Morgan fingerprint density at radius 2 is 2.38 bits per heavy atom. The Bertz CT molecular complexity index is 452. The van der Waals surface area contributed by atoms with E-state index in [9.17, 15) is 4.79 Å². The molecule has 1 aromatic heterocycles. The molecule has 2 heterocycles. The molecule has 0 unspecified atom stereocenters. The third-order valence-corrected chi connectivity index (χ3v) is 4.12. The van der Waals surface area contributed by atoms with Gasteiger partial charge in [0.05, 0.1) is 13.2 Å². The lowest BCUT2D eigenvalue weighted by molar-refractivity contribution is 0.160. The van der Waals surface area contributed by atoms with E-state index in [0.717, 1.165) is 39.0 Å². The highest BCUT2D eigenvalue weighted by atomic mass is 16.5. The predicted molar refractivity (Wildman–Crippen MR) is 78.9 cm³/mol. The number of hydrogen-bond donors (Lipinski definition) is 1. The predicted octanol–water partition coefficient (Wildman–Crippen LogP) is 1.48. The van der Waals surface area contributed by atoms with Gasteiger partial charge < -0.3 is 15.0 Å². The molecule has 1 N–H and O–H groups in total. The van der Waals surface area contributed by atoms with Crippen LogP contribution in [0.5, 0.6) is 0 Å². The molecular formula is C15H24N4O2. The van der Waals surface area contributed by atoms with E-state index in [4.69, 9.17) is 4.74 Å². The Morgan fingerprint density at radius 1 is 1.52 bits per heavy atom. The molecule has 0 radical (unpaired) electrons. The molecule has 21 heavy (non-hydrogen) atoms. The summed E-state index contributed by atoms with van der Waals surface area (Å²) in [5, 5.41) is 7.27. The first-order chi connectivity index (χ1) is 10.2. The normalized spacial score (nSPS) is 23.0. The Kier molecular flexibility index (Phi) is 4.43. The van der Waals surface area contributed by atoms with Crippen LogP contribution < -0.4 is 5.32 Å². The van der Waals surface area contributed by atoms with E-state index in [1.165, 1.54) is 0 Å². The van der Waals surface area contributed by atoms with Gasteiger partial charge in [0, 0.05) is 43.5 Å². The maximum atomic E-state index is 12.5. The minimum absolute atomic E-state index is 0.0593. The van der Waals surface area contributed by atoms with Crippen LogP contribution in [-0.2, 0) is 11.3 Å². The highest BCUT2D eigenvalue weighted by molar-refractivity contribution is 5.75. The summed E-state index contributed by atoms with van der Waals surface area (Å²) in [6, 6.07) is 2.45. The average molecular weight is 292 g/mol. The van der Waals surface area contributed by atoms with Gasteiger partial charge in [0.2, 0.25) is 0 Å². The summed E-state index contributed by atoms with van der Waals surface area (Å²) >= 11 is 0. The summed E-state index contributed by atoms with van der Waals surface area (Å²) < 4.78 is 7.26. The Labute approximate surface area is 125 Å². The molecule has 6 nitrogen and oxygen atoms in total. The fraction of sp³-hybridized carbons (Fsp3) is 0.733. The van der Waals surface area contributed by atoms with E-state index >= 15 is 0 Å². The molecular weight excluding hydrogens is 268 g/mol. The van der Waals surface area contributed by atoms with Crippen LogP contribution >= 0.6 is 0 Å². The SMILES string of the molecule is C[C@H](Cn1cccn1)NC(=O)N(C[C@@H]1CCOC1)C1CC1. The van der Waals surface area contributed by atoms with Crippen molar-refractivity contribution in [1.29, 1.82) is 0 Å². The summed E-state index contributed by atoms with van der Waals surface area (Å²) in [4.78, 5) is 14.5. The summed E-state index contributed by atoms with van der Waals surface area (Å²) in [6.07, 6.45) is 7.00. The largest absolute Gasteiger partial charge is 0.381 e. The molecule has 2 fully saturated rings. The summed E-state index contributed by atoms with van der Waals surface area (Å²) in [6.45, 7) is 5.16. The first kappa shape index (κ1) is 14.4. The minimum Gasteiger partial charge on any atom is -0.381 e. The van der Waals surface area contributed by atoms with E-state index in [2.05, 4.69) is 10.4 Å². The third-order valence-electron chi connectivity index (χ3n) is 4.12. The molecule has 2 amide bonds. The molecule has 2 aliphatic rings. The third kappa shape index (κ3) is 3.97. The monoisotopic (exact) mass is 292 g/mol. The number of carbonyl (C=O) groups is 1. The molecule has 116 valence electrons. The van der Waals surface area contributed by atoms with Gasteiger partial charge in [-0.25, -0.2) is 4.79 Å². The van der Waals surface area contributed by atoms with Gasteiger partial charge in [-0.15, -0.1) is 0 Å². The van der Waals surface area contributed by atoms with Crippen molar-refractivity contribution >= 4 is 6.03 Å². The fourth-order valence-corrected chi connectivity index (χ4v) is 2.82. The summed E-state index contributed by atoms with van der Waals surface area (Å²) in [5.74, 6) is 0.498. The molecule has 1 saturated heterocycles. The molecule has 0 bridgehead atoms. The van der Waals surface area contributed by atoms with Crippen molar-refractivity contribution < 1.29 is 9.53 Å². The van der Waals surface area contributed by atoms with Crippen molar-refractivity contribution in [2.45, 2.75) is 44.8 Å². The second kappa shape index (κ2) is 6.47. The van der Waals surface area contributed by atoms with Gasteiger partial charge in [-0.05, 0) is 32.3 Å². The molecule has 1 aliphatic heterocycles. The lowest BCUT2D eigenvalue weighted by Gasteiger charge is -2.27. The molecule has 3 rings (SSSR count). The van der Waals surface area contributed by atoms with Gasteiger partial charge in [-0.1, -0.05) is 0 Å². The van der Waals surface area contributed by atoms with E-state index in [1.54, 1.807) is 6.20 Å². The van der Waals surface area contributed by atoms with Crippen molar-refractivity contribution in [3.8, 4) is 0 Å². The van der Waals surface area contributed by atoms with Gasteiger partial charge in [-0.3, -0.25) is 4.68 Å². The van der Waals surface area contributed by atoms with Crippen LogP contribution in [0.3, 0.4) is 0 Å². The number of nitrogens with zero attached hydrogens (tertiary/aromatic N) is 3. The van der Waals surface area contributed by atoms with Crippen LogP contribution in [0.4, 0.5) is 4.79 Å². The fourth-order valence-electron chi connectivity index (χ4n) is 2.82. The Hall–Kier alpha value is -1.56. The second-order valence-corrected chi connectivity index (χ2v) is 6.19. The van der Waals surface area contributed by atoms with Crippen LogP contribution in [0.1, 0.15) is 26.2 Å². The average Bonchev–Trinajstić information content (AvgIpc) is 2.94. The highest BCUT2D eigenvalue weighted by Gasteiger charge is 2.35. The first-order valence-electron chi connectivity index (χ1n) is 7.84. The van der Waals surface area contributed by atoms with Gasteiger partial charge in [0.1, 0.15) is 0 Å². The number of nitrogens with one attached hydrogen (secondary N) is 1. The standard InChI is InChI=1S/C15H24N4O2/c1-12(9-18-7-2-6-16-18)17-15(20)19(14-3-4-14)10-13-5-8-21-11-13/h2,6-7,12-14H,3-5,8-11H2,1H3,(H,17,20)/t12-,13+/m1/s1. The zero-order chi connectivity index (χ0) is 14.7. The van der Waals surface area contributed by atoms with Crippen LogP contribution in [0.25, 0.3) is 0 Å². The smallest absolute Gasteiger partial charge is 0.317 e. The van der Waals surface area contributed by atoms with E-state index in [0.29, 0.717) is 18.5 Å². The summed E-state index contributed by atoms with van der Waals surface area (Å²) in [5.41, 5.74) is 0. The quantitative estimate of drug-likeness (QED) is 0.864. The highest BCUT2D eigenvalue weighted by Crippen LogP contribution is 2.29. The van der Waals surface area contributed by atoms with E-state index in [1.807, 2.05) is 28.8 Å². The van der Waals surface area contributed by atoms with Crippen molar-refractivity contribution in [3.63, 3.8) is 0 Å². The molecule has 0 aromatic carbocycles. The number of urea groups is 1. The maximum absolute atomic E-state index is 12.5. The summed E-state index contributed by atoms with van der Waals surface area (Å²) in [7, 11) is 0. The van der Waals surface area contributed by atoms with Gasteiger partial charge in [0.15, 0.2) is 0 Å². The van der Waals surface area contributed by atoms with Gasteiger partial charge in [0.25, 0.3) is 0 Å². The number of ether oxygens (including phenoxy) is 1. The van der Waals surface area contributed by atoms with Crippen LogP contribution in [-0.4, -0.2) is 52.6 Å². The van der Waals surface area contributed by atoms with Crippen LogP contribution in [0.2, 0.25) is 0 Å². The first-order valence-corrected chi connectivity index (χ1v) is 7.84. The zero-order valence-electron chi connectivity index (χ0n) is 12.6. The second-order valence-electron chi connectivity index (χ2n) is 6.19. The number of hydrogen-bond acceptors (Lipinski definition) is 3. The Balaban J connectivity index is 1.51. The molecule has 6 heteroatoms. The molecule has 0 spiro atoms. The maximum Gasteiger partial charge on any atom is 0.317 e. The van der Waals surface area contributed by atoms with E-state index < -0.39 is 0 Å². The number of rotatable bonds is 6. The molecule has 2 atom stereocenters. The zero-order valence-corrected chi connectivity index (χ0v) is 12.6. The lowest BCUT2D eigenvalue weighted by Crippen LogP contribution is -2.48. The number of aromatic nitrogens is 2. The van der Waals surface area contributed by atoms with Gasteiger partial charge >= 0.3 is 6.03 Å². The topological polar surface area (TPSA) is 59.4 Å². The Morgan fingerprint density at radius 3 is 3.00 bits per heavy atom. The van der Waals surface area contributed by atoms with Crippen molar-refractivity contribution in [1.82, 2.24) is 20.0 Å². The van der Waals surface area contributed by atoms with Gasteiger partial charge in [-0.2, -0.15) is 5.10 Å². The van der Waals surface area contributed by atoms with Crippen molar-refractivity contribution in [3.05, 3.63) is 18.5 Å². The van der Waals surface area contributed by atoms with Crippen LogP contribution in [0, 0.1) is 5.92 Å². The minimum atomic E-state index is 0.0593.